The van der Waals surface area contributed by atoms with E-state index >= 15 is 0 Å². The van der Waals surface area contributed by atoms with Gasteiger partial charge in [0.15, 0.2) is 0 Å². The number of hydrogen-bond donors (Lipinski definition) is 0. The lowest BCUT2D eigenvalue weighted by atomic mass is 10.0. The highest BCUT2D eigenvalue weighted by atomic mass is 31.2. The second-order valence-electron chi connectivity index (χ2n) is 6.48. The van der Waals surface area contributed by atoms with Gasteiger partial charge in [-0.15, -0.1) is 0 Å². The summed E-state index contributed by atoms with van der Waals surface area (Å²) >= 11 is 0. The fourth-order valence-electron chi connectivity index (χ4n) is 2.79. The van der Waals surface area contributed by atoms with Crippen molar-refractivity contribution in [1.82, 2.24) is 0 Å². The number of rotatable bonds is 9. The molecule has 0 N–H and O–H groups in total. The lowest BCUT2D eigenvalue weighted by Gasteiger charge is -2.22. The lowest BCUT2D eigenvalue weighted by Crippen LogP contribution is -2.09. The molecule has 0 spiro atoms. The normalized spacial score (nSPS) is 26.0. The first-order valence-corrected chi connectivity index (χ1v) is 14.1. The van der Waals surface area contributed by atoms with E-state index in [0.29, 0.717) is 6.61 Å². The molecule has 0 amide bonds. The Labute approximate surface area is 138 Å². The topological polar surface area (TPSA) is 9.23 Å². The van der Waals surface area contributed by atoms with Crippen LogP contribution in [0.3, 0.4) is 0 Å². The molecule has 0 fully saturated rings. The maximum absolute atomic E-state index is 13.9. The number of hydrogen-bond acceptors (Lipinski definition) is 1. The van der Waals surface area contributed by atoms with Crippen LogP contribution in [0.25, 0.3) is 0 Å². The monoisotopic (exact) mass is 364 g/mol. The Kier molecular flexibility index (Phi) is 8.25. The van der Waals surface area contributed by atoms with E-state index in [0.717, 1.165) is 36.1 Å². The van der Waals surface area contributed by atoms with Crippen LogP contribution in [-0.2, 0) is 4.52 Å². The van der Waals surface area contributed by atoms with Crippen LogP contribution in [-0.4, -0.2) is 49.6 Å². The quantitative estimate of drug-likeness (QED) is 0.453. The lowest BCUT2D eigenvalue weighted by molar-refractivity contribution is 0.287. The molecule has 1 aliphatic rings. The Hall–Kier alpha value is 0.270. The largest absolute Gasteiger partial charge is 0.353 e. The standard InChI is InChI=1S/C17H32FOP3/c1-8-20(5)12-22(7,13-21(6)9-2)19-11-16-10-14(3)17(18)15(16)4/h14,16H,5-13H2,1-4H3/q+2/t14?,16-/m1/s1. The predicted molar refractivity (Wildman–Crippen MR) is 110 cm³/mol. The van der Waals surface area contributed by atoms with E-state index in [1.54, 1.807) is 0 Å². The fraction of sp³-hybridized carbons (Fsp3) is 0.706. The Bertz CT molecular complexity index is 488. The van der Waals surface area contributed by atoms with Gasteiger partial charge in [-0.05, 0) is 32.8 Å². The van der Waals surface area contributed by atoms with E-state index in [1.807, 2.05) is 13.8 Å². The van der Waals surface area contributed by atoms with Crippen molar-refractivity contribution >= 4 is 41.1 Å². The molecule has 0 radical (unpaired) electrons. The first kappa shape index (κ1) is 20.3. The Morgan fingerprint density at radius 2 is 1.73 bits per heavy atom. The van der Waals surface area contributed by atoms with Gasteiger partial charge in [0.2, 0.25) is 0 Å². The van der Waals surface area contributed by atoms with Gasteiger partial charge in [0.1, 0.15) is 30.0 Å². The van der Waals surface area contributed by atoms with Crippen LogP contribution in [0.4, 0.5) is 4.39 Å². The molecule has 0 aromatic rings. The van der Waals surface area contributed by atoms with Crippen LogP contribution in [0, 0.1) is 11.8 Å². The van der Waals surface area contributed by atoms with Crippen molar-refractivity contribution in [2.45, 2.75) is 34.1 Å². The zero-order valence-electron chi connectivity index (χ0n) is 14.6. The zero-order chi connectivity index (χ0) is 16.9. The van der Waals surface area contributed by atoms with Crippen molar-refractivity contribution in [3.8, 4) is 0 Å². The third-order valence-corrected chi connectivity index (χ3v) is 14.2. The molecule has 0 aromatic carbocycles. The molecule has 5 heteroatoms. The summed E-state index contributed by atoms with van der Waals surface area (Å²) in [6, 6.07) is 0. The summed E-state index contributed by atoms with van der Waals surface area (Å²) in [5, 5.41) is 0. The number of halogens is 1. The van der Waals surface area contributed by atoms with E-state index < -0.39 is 7.11 Å². The van der Waals surface area contributed by atoms with Crippen LogP contribution >= 0.6 is 22.2 Å². The van der Waals surface area contributed by atoms with E-state index in [9.17, 15) is 4.39 Å². The maximum atomic E-state index is 13.9. The SMILES string of the molecule is C=[P+](CC)CP(=C)(C[P+](=C)CC)OC[C@H]1CC(C)C(F)=C1C. The van der Waals surface area contributed by atoms with Crippen molar-refractivity contribution in [2.24, 2.45) is 11.8 Å². The Balaban J connectivity index is 2.75. The van der Waals surface area contributed by atoms with E-state index in [1.165, 1.54) is 0 Å². The van der Waals surface area contributed by atoms with Gasteiger partial charge >= 0.3 is 0 Å². The molecule has 3 unspecified atom stereocenters. The summed E-state index contributed by atoms with van der Waals surface area (Å²) < 4.78 is 20.3. The van der Waals surface area contributed by atoms with E-state index in [2.05, 4.69) is 32.7 Å². The van der Waals surface area contributed by atoms with E-state index in [4.69, 9.17) is 4.52 Å². The molecular formula is C17H32FOP3+2. The smallest absolute Gasteiger partial charge is 0.150 e. The molecule has 22 heavy (non-hydrogen) atoms. The summed E-state index contributed by atoms with van der Waals surface area (Å²) in [7, 11) is -2.19. The second kappa shape index (κ2) is 8.94. The van der Waals surface area contributed by atoms with Crippen molar-refractivity contribution in [3.63, 3.8) is 0 Å². The molecule has 4 atom stereocenters. The van der Waals surface area contributed by atoms with Crippen LogP contribution in [0.2, 0.25) is 0 Å². The molecule has 126 valence electrons. The Morgan fingerprint density at radius 1 is 1.23 bits per heavy atom. The first-order chi connectivity index (χ1) is 10.2. The van der Waals surface area contributed by atoms with Crippen LogP contribution < -0.4 is 0 Å². The zero-order valence-corrected chi connectivity index (χ0v) is 17.3. The average molecular weight is 364 g/mol. The number of allylic oxidation sites excluding steroid dienone is 1. The van der Waals surface area contributed by atoms with Gasteiger partial charge < -0.3 is 4.52 Å². The molecule has 0 aliphatic heterocycles. The third kappa shape index (κ3) is 5.72. The molecule has 0 aromatic heterocycles. The molecule has 0 heterocycles. The van der Waals surface area contributed by atoms with Gasteiger partial charge in [0, 0.05) is 11.8 Å². The molecule has 0 bridgehead atoms. The predicted octanol–water partition coefficient (Wildman–Crippen LogP) is 6.05. The molecule has 0 saturated heterocycles. The minimum absolute atomic E-state index is 0.0485. The molecular weight excluding hydrogens is 332 g/mol. The van der Waals surface area contributed by atoms with Gasteiger partial charge in [-0.25, -0.2) is 4.39 Å². The fourth-order valence-corrected chi connectivity index (χ4v) is 12.5. The minimum Gasteiger partial charge on any atom is -0.353 e. The van der Waals surface area contributed by atoms with E-state index in [-0.39, 0.29) is 32.8 Å². The Morgan fingerprint density at radius 3 is 2.09 bits per heavy atom. The molecule has 0 saturated carbocycles. The van der Waals surface area contributed by atoms with Gasteiger partial charge in [-0.1, -0.05) is 13.2 Å². The van der Waals surface area contributed by atoms with Crippen LogP contribution in [0.1, 0.15) is 34.1 Å². The van der Waals surface area contributed by atoms with Crippen molar-refractivity contribution in [3.05, 3.63) is 11.4 Å². The molecule has 1 nitrogen and oxygen atoms in total. The minimum atomic E-state index is -1.70. The summed E-state index contributed by atoms with van der Waals surface area (Å²) in [5.41, 5.74) is 0.888. The van der Waals surface area contributed by atoms with Gasteiger partial charge in [-0.2, -0.15) is 0 Å². The highest BCUT2D eigenvalue weighted by Crippen LogP contribution is 2.58. The summed E-state index contributed by atoms with van der Waals surface area (Å²) in [6.45, 7) is 8.88. The summed E-state index contributed by atoms with van der Waals surface area (Å²) in [4.78, 5) is 0. The van der Waals surface area contributed by atoms with Gasteiger partial charge in [0.25, 0.3) is 0 Å². The van der Waals surface area contributed by atoms with Crippen molar-refractivity contribution in [2.75, 3.05) is 30.7 Å². The summed E-state index contributed by atoms with van der Waals surface area (Å²) in [6.07, 6.45) is 16.2. The molecule has 1 rings (SSSR count). The highest BCUT2D eigenvalue weighted by Gasteiger charge is 2.33. The maximum Gasteiger partial charge on any atom is 0.150 e. The van der Waals surface area contributed by atoms with Crippen molar-refractivity contribution < 1.29 is 8.91 Å². The average Bonchev–Trinajstić information content (AvgIpc) is 2.72. The van der Waals surface area contributed by atoms with Gasteiger partial charge in [0.05, 0.1) is 41.4 Å². The van der Waals surface area contributed by atoms with Crippen LogP contribution in [0.15, 0.2) is 11.4 Å². The summed E-state index contributed by atoms with van der Waals surface area (Å²) in [5.74, 6) is 2.41. The van der Waals surface area contributed by atoms with Crippen LogP contribution in [0.5, 0.6) is 0 Å². The van der Waals surface area contributed by atoms with Gasteiger partial charge in [-0.3, -0.25) is 0 Å². The third-order valence-electron chi connectivity index (χ3n) is 4.42. The molecule has 1 aliphatic carbocycles. The first-order valence-electron chi connectivity index (χ1n) is 8.05. The second-order valence-corrected chi connectivity index (χ2v) is 15.1. The highest BCUT2D eigenvalue weighted by molar-refractivity contribution is 7.86. The van der Waals surface area contributed by atoms with Crippen molar-refractivity contribution in [1.29, 1.82) is 0 Å².